The molecular weight excluding hydrogens is 267 g/mol. The van der Waals surface area contributed by atoms with E-state index in [9.17, 15) is 9.50 Å². The lowest BCUT2D eigenvalue weighted by Crippen LogP contribution is -2.29. The summed E-state index contributed by atoms with van der Waals surface area (Å²) in [5, 5.41) is 12.7. The Morgan fingerprint density at radius 1 is 1.29 bits per heavy atom. The Balaban J connectivity index is 2.58. The number of aliphatic hydroxyl groups excluding tert-OH is 1. The highest BCUT2D eigenvalue weighted by atomic mass is 19.1. The van der Waals surface area contributed by atoms with E-state index >= 15 is 0 Å². The molecule has 0 aliphatic carbocycles. The molecule has 0 aliphatic heterocycles. The summed E-state index contributed by atoms with van der Waals surface area (Å²) >= 11 is 0. The van der Waals surface area contributed by atoms with Crippen LogP contribution in [0.5, 0.6) is 0 Å². The monoisotopic (exact) mass is 296 g/mol. The molecule has 0 aromatic heterocycles. The van der Waals surface area contributed by atoms with Gasteiger partial charge in [0.05, 0.1) is 6.10 Å². The Labute approximate surface area is 128 Å². The highest BCUT2D eigenvalue weighted by Gasteiger charge is 2.13. The van der Waals surface area contributed by atoms with Crippen LogP contribution < -0.4 is 5.32 Å². The number of nitrogens with zero attached hydrogens (tertiary/aromatic N) is 1. The molecule has 3 nitrogen and oxygen atoms in total. The number of hydrogen-bond donors (Lipinski definition) is 2. The standard InChI is InChI=1S/C17H29FN2O/c1-5-19-17(9-11-20(4)10-8-14(3)21)15-7-6-13(2)16(18)12-15/h6-7,12,14,17,19,21H,5,8-11H2,1-4H3. The second-order valence-electron chi connectivity index (χ2n) is 5.85. The van der Waals surface area contributed by atoms with Crippen LogP contribution in [0.25, 0.3) is 0 Å². The van der Waals surface area contributed by atoms with Crippen LogP contribution in [0.2, 0.25) is 0 Å². The molecule has 0 aliphatic rings. The minimum absolute atomic E-state index is 0.141. The number of aliphatic hydroxyl groups is 1. The molecule has 1 rings (SSSR count). The van der Waals surface area contributed by atoms with Crippen molar-refractivity contribution in [2.75, 3.05) is 26.7 Å². The van der Waals surface area contributed by atoms with Crippen LogP contribution in [-0.4, -0.2) is 42.8 Å². The molecule has 120 valence electrons. The third-order valence-corrected chi connectivity index (χ3v) is 3.78. The first-order valence-corrected chi connectivity index (χ1v) is 7.80. The van der Waals surface area contributed by atoms with E-state index in [0.717, 1.165) is 38.0 Å². The Kier molecular flexibility index (Phi) is 7.86. The molecule has 2 N–H and O–H groups in total. The second-order valence-corrected chi connectivity index (χ2v) is 5.85. The van der Waals surface area contributed by atoms with Crippen molar-refractivity contribution in [2.24, 2.45) is 0 Å². The zero-order chi connectivity index (χ0) is 15.8. The molecule has 0 bridgehead atoms. The molecule has 2 unspecified atom stereocenters. The average Bonchev–Trinajstić information content (AvgIpc) is 2.44. The van der Waals surface area contributed by atoms with Gasteiger partial charge in [-0.05, 0) is 64.0 Å². The molecule has 0 spiro atoms. The summed E-state index contributed by atoms with van der Waals surface area (Å²) < 4.78 is 13.7. The normalized spacial score (nSPS) is 14.4. The molecule has 0 saturated heterocycles. The largest absolute Gasteiger partial charge is 0.393 e. The number of halogens is 1. The zero-order valence-corrected chi connectivity index (χ0v) is 13.7. The fraction of sp³-hybridized carbons (Fsp3) is 0.647. The predicted molar refractivity (Wildman–Crippen MR) is 86.0 cm³/mol. The van der Waals surface area contributed by atoms with Crippen molar-refractivity contribution >= 4 is 0 Å². The van der Waals surface area contributed by atoms with Gasteiger partial charge in [-0.2, -0.15) is 0 Å². The summed E-state index contributed by atoms with van der Waals surface area (Å²) in [5.74, 6) is -0.141. The number of hydrogen-bond acceptors (Lipinski definition) is 3. The van der Waals surface area contributed by atoms with E-state index in [0.29, 0.717) is 5.56 Å². The van der Waals surface area contributed by atoms with Gasteiger partial charge in [-0.3, -0.25) is 0 Å². The third kappa shape index (κ3) is 6.55. The number of rotatable bonds is 9. The third-order valence-electron chi connectivity index (χ3n) is 3.78. The molecule has 2 atom stereocenters. The lowest BCUT2D eigenvalue weighted by atomic mass is 10.0. The van der Waals surface area contributed by atoms with Gasteiger partial charge in [-0.15, -0.1) is 0 Å². The smallest absolute Gasteiger partial charge is 0.126 e. The van der Waals surface area contributed by atoms with E-state index in [4.69, 9.17) is 0 Å². The van der Waals surface area contributed by atoms with Crippen LogP contribution in [0, 0.1) is 12.7 Å². The van der Waals surface area contributed by atoms with Crippen LogP contribution >= 0.6 is 0 Å². The van der Waals surface area contributed by atoms with Crippen molar-refractivity contribution in [1.29, 1.82) is 0 Å². The molecule has 0 fully saturated rings. The Hall–Kier alpha value is -0.970. The SMILES string of the molecule is CCNC(CCN(C)CCC(C)O)c1ccc(C)c(F)c1. The molecule has 0 amide bonds. The number of benzene rings is 1. The fourth-order valence-corrected chi connectivity index (χ4v) is 2.33. The minimum atomic E-state index is -0.261. The Bertz CT molecular complexity index is 423. The molecule has 0 radical (unpaired) electrons. The molecule has 1 aromatic carbocycles. The van der Waals surface area contributed by atoms with Crippen molar-refractivity contribution in [3.05, 3.63) is 35.1 Å². The van der Waals surface area contributed by atoms with E-state index < -0.39 is 0 Å². The Morgan fingerprint density at radius 2 is 1.95 bits per heavy atom. The second kappa shape index (κ2) is 9.13. The zero-order valence-electron chi connectivity index (χ0n) is 13.7. The highest BCUT2D eigenvalue weighted by Crippen LogP contribution is 2.20. The van der Waals surface area contributed by atoms with E-state index in [1.807, 2.05) is 19.1 Å². The summed E-state index contributed by atoms with van der Waals surface area (Å²) in [7, 11) is 2.06. The predicted octanol–water partition coefficient (Wildman–Crippen LogP) is 2.88. The van der Waals surface area contributed by atoms with Crippen molar-refractivity contribution in [3.63, 3.8) is 0 Å². The summed E-state index contributed by atoms with van der Waals surface area (Å²) in [6, 6.07) is 5.64. The molecular formula is C17H29FN2O. The van der Waals surface area contributed by atoms with Gasteiger partial charge >= 0.3 is 0 Å². The minimum Gasteiger partial charge on any atom is -0.393 e. The first-order chi connectivity index (χ1) is 9.93. The van der Waals surface area contributed by atoms with Crippen LogP contribution in [0.1, 0.15) is 43.9 Å². The van der Waals surface area contributed by atoms with E-state index in [-0.39, 0.29) is 18.0 Å². The van der Waals surface area contributed by atoms with Crippen molar-refractivity contribution < 1.29 is 9.50 Å². The molecule has 21 heavy (non-hydrogen) atoms. The summed E-state index contributed by atoms with van der Waals surface area (Å²) in [4.78, 5) is 2.21. The molecule has 1 aromatic rings. The maximum absolute atomic E-state index is 13.7. The summed E-state index contributed by atoms with van der Waals surface area (Å²) in [5.41, 5.74) is 1.69. The van der Waals surface area contributed by atoms with E-state index in [1.54, 1.807) is 13.0 Å². The maximum Gasteiger partial charge on any atom is 0.126 e. The van der Waals surface area contributed by atoms with Gasteiger partial charge in [0.2, 0.25) is 0 Å². The van der Waals surface area contributed by atoms with Gasteiger partial charge in [-0.25, -0.2) is 4.39 Å². The topological polar surface area (TPSA) is 35.5 Å². The van der Waals surface area contributed by atoms with Gasteiger partial charge in [0, 0.05) is 12.6 Å². The first-order valence-electron chi connectivity index (χ1n) is 7.80. The van der Waals surface area contributed by atoms with Crippen LogP contribution in [0.3, 0.4) is 0 Å². The summed E-state index contributed by atoms with van der Waals surface area (Å²) in [6.07, 6.45) is 1.44. The van der Waals surface area contributed by atoms with Crippen molar-refractivity contribution in [3.8, 4) is 0 Å². The van der Waals surface area contributed by atoms with Crippen LogP contribution in [0.4, 0.5) is 4.39 Å². The molecule has 0 heterocycles. The highest BCUT2D eigenvalue weighted by molar-refractivity contribution is 5.25. The quantitative estimate of drug-likeness (QED) is 0.735. The lowest BCUT2D eigenvalue weighted by molar-refractivity contribution is 0.163. The maximum atomic E-state index is 13.7. The van der Waals surface area contributed by atoms with Crippen molar-refractivity contribution in [2.45, 2.75) is 45.8 Å². The van der Waals surface area contributed by atoms with Gasteiger partial charge in [0.15, 0.2) is 0 Å². The fourth-order valence-electron chi connectivity index (χ4n) is 2.33. The van der Waals surface area contributed by atoms with Crippen LogP contribution in [-0.2, 0) is 0 Å². The first kappa shape index (κ1) is 18.1. The van der Waals surface area contributed by atoms with E-state index in [2.05, 4.69) is 24.2 Å². The lowest BCUT2D eigenvalue weighted by Gasteiger charge is -2.23. The van der Waals surface area contributed by atoms with Crippen LogP contribution in [0.15, 0.2) is 18.2 Å². The van der Waals surface area contributed by atoms with Crippen molar-refractivity contribution in [1.82, 2.24) is 10.2 Å². The van der Waals surface area contributed by atoms with Gasteiger partial charge < -0.3 is 15.3 Å². The Morgan fingerprint density at radius 3 is 2.52 bits per heavy atom. The van der Waals surface area contributed by atoms with Gasteiger partial charge in [-0.1, -0.05) is 19.1 Å². The molecule has 0 saturated carbocycles. The van der Waals surface area contributed by atoms with E-state index in [1.165, 1.54) is 0 Å². The number of aryl methyl sites for hydroxylation is 1. The van der Waals surface area contributed by atoms with Gasteiger partial charge in [0.1, 0.15) is 5.82 Å². The number of nitrogens with one attached hydrogen (secondary N) is 1. The molecule has 4 heteroatoms. The van der Waals surface area contributed by atoms with Gasteiger partial charge in [0.25, 0.3) is 0 Å². The average molecular weight is 296 g/mol. The summed E-state index contributed by atoms with van der Waals surface area (Å²) in [6.45, 7) is 8.31.